The van der Waals surface area contributed by atoms with Gasteiger partial charge in [-0.25, -0.2) is 4.98 Å². The number of anilines is 2. The number of para-hydroxylation sites is 1. The van der Waals surface area contributed by atoms with Crippen LogP contribution in [0.25, 0.3) is 5.78 Å². The normalized spacial score (nSPS) is 13.6. The Bertz CT molecular complexity index is 806. The Morgan fingerprint density at radius 2 is 2.14 bits per heavy atom. The molecule has 1 aromatic carbocycles. The fraction of sp³-hybridized carbons (Fsp3) is 0.312. The third-order valence-corrected chi connectivity index (χ3v) is 4.10. The minimum absolute atomic E-state index is 0.673. The molecule has 5 nitrogen and oxygen atoms in total. The topological polar surface area (TPSA) is 55.1 Å². The first kappa shape index (κ1) is 12.3. The highest BCUT2D eigenvalue weighted by atomic mass is 15.4. The van der Waals surface area contributed by atoms with Crippen molar-refractivity contribution in [3.63, 3.8) is 0 Å². The summed E-state index contributed by atoms with van der Waals surface area (Å²) in [5.74, 6) is 1.69. The summed E-state index contributed by atoms with van der Waals surface area (Å²) in [4.78, 5) is 8.85. The second-order valence-electron chi connectivity index (χ2n) is 5.35. The Labute approximate surface area is 123 Å². The van der Waals surface area contributed by atoms with E-state index in [9.17, 15) is 0 Å². The van der Waals surface area contributed by atoms with Crippen LogP contribution in [-0.2, 0) is 19.3 Å². The average Bonchev–Trinajstić information content (AvgIpc) is 3.16. The van der Waals surface area contributed by atoms with Gasteiger partial charge >= 0.3 is 0 Å². The molecule has 0 amide bonds. The first-order valence-corrected chi connectivity index (χ1v) is 7.43. The fourth-order valence-electron chi connectivity index (χ4n) is 3.03. The van der Waals surface area contributed by atoms with Crippen LogP contribution in [0.3, 0.4) is 0 Å². The number of hydrogen-bond donors (Lipinski definition) is 1. The molecule has 0 saturated carbocycles. The van der Waals surface area contributed by atoms with E-state index in [0.29, 0.717) is 5.78 Å². The number of rotatable bonds is 3. The Morgan fingerprint density at radius 3 is 3.05 bits per heavy atom. The van der Waals surface area contributed by atoms with Crippen LogP contribution in [0, 0.1) is 0 Å². The van der Waals surface area contributed by atoms with Crippen molar-refractivity contribution in [3.8, 4) is 0 Å². The predicted octanol–water partition coefficient (Wildman–Crippen LogP) is 2.92. The van der Waals surface area contributed by atoms with Crippen LogP contribution >= 0.6 is 0 Å². The monoisotopic (exact) mass is 279 g/mol. The van der Waals surface area contributed by atoms with Gasteiger partial charge in [-0.3, -0.25) is 0 Å². The number of benzene rings is 1. The number of nitrogens with zero attached hydrogens (tertiary/aromatic N) is 4. The molecule has 5 heteroatoms. The third-order valence-electron chi connectivity index (χ3n) is 4.10. The first-order chi connectivity index (χ1) is 10.4. The Morgan fingerprint density at radius 1 is 1.24 bits per heavy atom. The summed E-state index contributed by atoms with van der Waals surface area (Å²) in [6.45, 7) is 2.17. The van der Waals surface area contributed by atoms with Crippen LogP contribution in [0.2, 0.25) is 0 Å². The molecular weight excluding hydrogens is 262 g/mol. The Kier molecular flexibility index (Phi) is 2.84. The average molecular weight is 279 g/mol. The molecule has 21 heavy (non-hydrogen) atoms. The number of aryl methyl sites for hydroxylation is 2. The molecule has 1 aliphatic carbocycles. The number of hydrogen-bond acceptors (Lipinski definition) is 4. The maximum Gasteiger partial charge on any atom is 0.254 e. The minimum Gasteiger partial charge on any atom is -0.340 e. The lowest BCUT2D eigenvalue weighted by atomic mass is 10.1. The van der Waals surface area contributed by atoms with Gasteiger partial charge in [0.25, 0.3) is 5.78 Å². The van der Waals surface area contributed by atoms with Crippen molar-refractivity contribution in [3.05, 3.63) is 47.4 Å². The van der Waals surface area contributed by atoms with Crippen LogP contribution in [0.4, 0.5) is 11.5 Å². The van der Waals surface area contributed by atoms with Crippen LogP contribution in [0.1, 0.15) is 30.2 Å². The van der Waals surface area contributed by atoms with E-state index < -0.39 is 0 Å². The second kappa shape index (κ2) is 4.84. The third kappa shape index (κ3) is 1.96. The van der Waals surface area contributed by atoms with Gasteiger partial charge in [-0.15, -0.1) is 0 Å². The van der Waals surface area contributed by atoms with E-state index in [2.05, 4.69) is 51.6 Å². The highest BCUT2D eigenvalue weighted by Crippen LogP contribution is 2.31. The zero-order chi connectivity index (χ0) is 14.2. The molecular formula is C16H17N5. The van der Waals surface area contributed by atoms with Gasteiger partial charge in [0.2, 0.25) is 0 Å². The zero-order valence-electron chi connectivity index (χ0n) is 12.0. The van der Waals surface area contributed by atoms with Gasteiger partial charge in [-0.1, -0.05) is 25.1 Å². The minimum atomic E-state index is 0.673. The molecule has 0 atom stereocenters. The highest BCUT2D eigenvalue weighted by Gasteiger charge is 2.21. The van der Waals surface area contributed by atoms with Gasteiger partial charge in [-0.05, 0) is 37.3 Å². The summed E-state index contributed by atoms with van der Waals surface area (Å²) in [5, 5.41) is 7.90. The Balaban J connectivity index is 1.88. The summed E-state index contributed by atoms with van der Waals surface area (Å²) in [7, 11) is 0. The van der Waals surface area contributed by atoms with Crippen molar-refractivity contribution < 1.29 is 0 Å². The zero-order valence-corrected chi connectivity index (χ0v) is 12.0. The van der Waals surface area contributed by atoms with Crippen LogP contribution < -0.4 is 5.32 Å². The quantitative estimate of drug-likeness (QED) is 0.801. The fourth-order valence-corrected chi connectivity index (χ4v) is 3.03. The lowest BCUT2D eigenvalue weighted by molar-refractivity contribution is 0.900. The van der Waals surface area contributed by atoms with Crippen LogP contribution in [0.15, 0.2) is 30.6 Å². The molecule has 3 aromatic rings. The summed E-state index contributed by atoms with van der Waals surface area (Å²) < 4.78 is 1.82. The number of aromatic nitrogens is 4. The van der Waals surface area contributed by atoms with Gasteiger partial charge in [0.05, 0.1) is 5.69 Å². The van der Waals surface area contributed by atoms with E-state index >= 15 is 0 Å². The van der Waals surface area contributed by atoms with Gasteiger partial charge < -0.3 is 5.32 Å². The maximum atomic E-state index is 4.61. The van der Waals surface area contributed by atoms with Crippen molar-refractivity contribution in [2.24, 2.45) is 0 Å². The lowest BCUT2D eigenvalue weighted by Crippen LogP contribution is -2.08. The summed E-state index contributed by atoms with van der Waals surface area (Å²) >= 11 is 0. The second-order valence-corrected chi connectivity index (χ2v) is 5.35. The molecule has 1 aliphatic rings. The molecule has 106 valence electrons. The van der Waals surface area contributed by atoms with Crippen LogP contribution in [0.5, 0.6) is 0 Å². The molecule has 1 N–H and O–H groups in total. The Hall–Kier alpha value is -2.43. The van der Waals surface area contributed by atoms with E-state index in [1.54, 1.807) is 6.33 Å². The molecule has 0 aliphatic heterocycles. The summed E-state index contributed by atoms with van der Waals surface area (Å²) in [6.07, 6.45) is 5.79. The van der Waals surface area contributed by atoms with Crippen molar-refractivity contribution in [2.45, 2.75) is 32.6 Å². The smallest absolute Gasteiger partial charge is 0.254 e. The van der Waals surface area contributed by atoms with Crippen molar-refractivity contribution in [1.29, 1.82) is 0 Å². The largest absolute Gasteiger partial charge is 0.340 e. The van der Waals surface area contributed by atoms with Gasteiger partial charge in [0.15, 0.2) is 0 Å². The van der Waals surface area contributed by atoms with Crippen LogP contribution in [-0.4, -0.2) is 19.6 Å². The maximum absolute atomic E-state index is 4.61. The molecule has 2 heterocycles. The van der Waals surface area contributed by atoms with Gasteiger partial charge in [0, 0.05) is 11.3 Å². The number of nitrogens with one attached hydrogen (secondary N) is 1. The van der Waals surface area contributed by atoms with Crippen molar-refractivity contribution in [2.75, 3.05) is 5.32 Å². The molecule has 0 fully saturated rings. The molecule has 2 aromatic heterocycles. The molecule has 0 bridgehead atoms. The van der Waals surface area contributed by atoms with Crippen molar-refractivity contribution >= 4 is 17.3 Å². The van der Waals surface area contributed by atoms with Gasteiger partial charge in [-0.2, -0.15) is 14.6 Å². The summed E-state index contributed by atoms with van der Waals surface area (Å²) in [6, 6.07) is 8.40. The van der Waals surface area contributed by atoms with E-state index in [0.717, 1.165) is 42.9 Å². The molecule has 0 saturated heterocycles. The van der Waals surface area contributed by atoms with E-state index in [1.165, 1.54) is 11.1 Å². The molecule has 0 spiro atoms. The predicted molar refractivity (Wildman–Crippen MR) is 81.9 cm³/mol. The van der Waals surface area contributed by atoms with E-state index in [4.69, 9.17) is 0 Å². The SMILES string of the molecule is CCc1ccccc1Nc1c2c(nc3ncnn13)CCC2. The highest BCUT2D eigenvalue weighted by molar-refractivity contribution is 5.66. The van der Waals surface area contributed by atoms with Crippen molar-refractivity contribution in [1.82, 2.24) is 19.6 Å². The number of fused-ring (bicyclic) bond motifs is 2. The summed E-state index contributed by atoms with van der Waals surface area (Å²) in [5.41, 5.74) is 4.87. The molecule has 0 radical (unpaired) electrons. The molecule has 0 unspecified atom stereocenters. The standard InChI is InChI=1S/C16H17N5/c1-2-11-6-3-4-8-13(11)19-15-12-7-5-9-14(12)20-16-17-10-18-21(15)16/h3-4,6,8,10,19H,2,5,7,9H2,1H3. The van der Waals surface area contributed by atoms with E-state index in [1.807, 2.05) is 4.52 Å². The lowest BCUT2D eigenvalue weighted by Gasteiger charge is -2.15. The molecule has 4 rings (SSSR count). The van der Waals surface area contributed by atoms with Gasteiger partial charge in [0.1, 0.15) is 12.1 Å². The first-order valence-electron chi connectivity index (χ1n) is 7.43. The van der Waals surface area contributed by atoms with E-state index in [-0.39, 0.29) is 0 Å².